The van der Waals surface area contributed by atoms with Crippen LogP contribution in [-0.2, 0) is 4.79 Å². The molecule has 1 fully saturated rings. The summed E-state index contributed by atoms with van der Waals surface area (Å²) in [5.41, 5.74) is 2.13. The van der Waals surface area contributed by atoms with E-state index in [0.717, 1.165) is 31.7 Å². The lowest BCUT2D eigenvalue weighted by molar-refractivity contribution is -0.130. The minimum Gasteiger partial charge on any atom is -0.368 e. The predicted octanol–water partition coefficient (Wildman–Crippen LogP) is 4.28. The second-order valence-corrected chi connectivity index (χ2v) is 6.60. The van der Waals surface area contributed by atoms with Gasteiger partial charge < -0.3 is 9.80 Å². The third-order valence-electron chi connectivity index (χ3n) is 4.21. The van der Waals surface area contributed by atoms with Gasteiger partial charge in [0.2, 0.25) is 5.91 Å². The highest BCUT2D eigenvalue weighted by atomic mass is 35.5. The van der Waals surface area contributed by atoms with E-state index >= 15 is 0 Å². The predicted molar refractivity (Wildman–Crippen MR) is 99.7 cm³/mol. The zero-order valence-corrected chi connectivity index (χ0v) is 14.8. The molecule has 125 valence electrons. The Morgan fingerprint density at radius 3 is 2.33 bits per heavy atom. The van der Waals surface area contributed by atoms with Crippen LogP contribution in [0.15, 0.2) is 48.5 Å². The number of anilines is 1. The topological polar surface area (TPSA) is 23.6 Å². The standard InChI is InChI=1S/C19H19Cl2N2O/c20-17-8-6-15(14-18(17)21)7-9-19(24)23-12-10-22(11-13-23)16-4-2-1-3-5-16/h1-8,14H,9-13H2. The fraction of sp³-hybridized carbons (Fsp3) is 0.263. The molecule has 2 aromatic rings. The van der Waals surface area contributed by atoms with Gasteiger partial charge in [-0.15, -0.1) is 0 Å². The van der Waals surface area contributed by atoms with Gasteiger partial charge in [0.25, 0.3) is 0 Å². The van der Waals surface area contributed by atoms with E-state index in [1.165, 1.54) is 5.69 Å². The van der Waals surface area contributed by atoms with Gasteiger partial charge in [-0.1, -0.05) is 47.5 Å². The van der Waals surface area contributed by atoms with Gasteiger partial charge >= 0.3 is 0 Å². The molecule has 0 N–H and O–H groups in total. The number of para-hydroxylation sites is 1. The number of amides is 1. The highest BCUT2D eigenvalue weighted by Crippen LogP contribution is 2.24. The Hall–Kier alpha value is -1.71. The Morgan fingerprint density at radius 1 is 0.958 bits per heavy atom. The number of halogens is 2. The van der Waals surface area contributed by atoms with Crippen LogP contribution in [0.25, 0.3) is 0 Å². The van der Waals surface area contributed by atoms with Crippen molar-refractivity contribution >= 4 is 34.8 Å². The Labute approximate surface area is 152 Å². The molecule has 0 saturated carbocycles. The van der Waals surface area contributed by atoms with Gasteiger partial charge in [-0.05, 0) is 29.8 Å². The smallest absolute Gasteiger partial charge is 0.223 e. The second-order valence-electron chi connectivity index (χ2n) is 5.79. The minimum absolute atomic E-state index is 0.147. The molecular weight excluding hydrogens is 343 g/mol. The molecule has 0 spiro atoms. The van der Waals surface area contributed by atoms with Gasteiger partial charge in [-0.25, -0.2) is 0 Å². The van der Waals surface area contributed by atoms with Crippen molar-refractivity contribution in [3.05, 3.63) is 70.6 Å². The van der Waals surface area contributed by atoms with Crippen molar-refractivity contribution in [2.45, 2.75) is 6.42 Å². The Kier molecular flexibility index (Phi) is 5.64. The van der Waals surface area contributed by atoms with E-state index in [2.05, 4.69) is 17.0 Å². The van der Waals surface area contributed by atoms with Gasteiger partial charge in [-0.2, -0.15) is 0 Å². The van der Waals surface area contributed by atoms with Gasteiger partial charge in [0, 0.05) is 44.7 Å². The molecule has 0 atom stereocenters. The average molecular weight is 362 g/mol. The van der Waals surface area contributed by atoms with Crippen LogP contribution in [0, 0.1) is 6.42 Å². The first-order valence-corrected chi connectivity index (χ1v) is 8.75. The number of carbonyl (C=O) groups is 1. The van der Waals surface area contributed by atoms with Crippen LogP contribution in [0.2, 0.25) is 10.0 Å². The molecule has 0 unspecified atom stereocenters. The largest absolute Gasteiger partial charge is 0.368 e. The molecule has 0 aromatic heterocycles. The van der Waals surface area contributed by atoms with E-state index in [-0.39, 0.29) is 5.91 Å². The van der Waals surface area contributed by atoms with Gasteiger partial charge in [-0.3, -0.25) is 4.79 Å². The maximum atomic E-state index is 12.4. The number of hydrogen-bond acceptors (Lipinski definition) is 2. The van der Waals surface area contributed by atoms with E-state index in [9.17, 15) is 4.79 Å². The molecule has 2 aromatic carbocycles. The molecule has 3 nitrogen and oxygen atoms in total. The van der Waals surface area contributed by atoms with Crippen LogP contribution < -0.4 is 4.90 Å². The van der Waals surface area contributed by atoms with Crippen molar-refractivity contribution < 1.29 is 4.79 Å². The van der Waals surface area contributed by atoms with Crippen molar-refractivity contribution in [3.63, 3.8) is 0 Å². The Morgan fingerprint density at radius 2 is 1.67 bits per heavy atom. The van der Waals surface area contributed by atoms with Gasteiger partial charge in [0.15, 0.2) is 0 Å². The third kappa shape index (κ3) is 4.22. The average Bonchev–Trinajstić information content (AvgIpc) is 2.63. The quantitative estimate of drug-likeness (QED) is 0.810. The molecule has 1 aliphatic rings. The van der Waals surface area contributed by atoms with E-state index in [1.807, 2.05) is 35.6 Å². The molecule has 0 aliphatic carbocycles. The monoisotopic (exact) mass is 361 g/mol. The zero-order chi connectivity index (χ0) is 16.9. The number of nitrogens with zero attached hydrogens (tertiary/aromatic N) is 2. The van der Waals surface area contributed by atoms with Gasteiger partial charge in [0.05, 0.1) is 10.0 Å². The summed E-state index contributed by atoms with van der Waals surface area (Å²) in [6, 6.07) is 15.7. The van der Waals surface area contributed by atoms with Crippen molar-refractivity contribution in [1.29, 1.82) is 0 Å². The fourth-order valence-electron chi connectivity index (χ4n) is 2.83. The first-order chi connectivity index (χ1) is 11.6. The van der Waals surface area contributed by atoms with Crippen LogP contribution in [0.5, 0.6) is 0 Å². The lowest BCUT2D eigenvalue weighted by Gasteiger charge is -2.36. The number of benzene rings is 2. The number of rotatable bonds is 4. The van der Waals surface area contributed by atoms with Crippen LogP contribution >= 0.6 is 23.2 Å². The molecule has 0 bridgehead atoms. The van der Waals surface area contributed by atoms with Crippen molar-refractivity contribution in [2.24, 2.45) is 0 Å². The second kappa shape index (κ2) is 7.91. The highest BCUT2D eigenvalue weighted by Gasteiger charge is 2.21. The first kappa shape index (κ1) is 17.1. The first-order valence-electron chi connectivity index (χ1n) is 7.99. The molecular formula is C19H19Cl2N2O. The summed E-state index contributed by atoms with van der Waals surface area (Å²) in [5.74, 6) is 0.147. The molecule has 1 radical (unpaired) electrons. The highest BCUT2D eigenvalue weighted by molar-refractivity contribution is 6.42. The molecule has 5 heteroatoms. The summed E-state index contributed by atoms with van der Waals surface area (Å²) in [7, 11) is 0. The lowest BCUT2D eigenvalue weighted by atomic mass is 10.1. The number of carbonyl (C=O) groups excluding carboxylic acids is 1. The molecule has 1 aliphatic heterocycles. The molecule has 3 rings (SSSR count). The van der Waals surface area contributed by atoms with Crippen LogP contribution in [0.3, 0.4) is 0 Å². The Bertz CT molecular complexity index is 698. The molecule has 1 heterocycles. The Balaban J connectivity index is 1.49. The van der Waals surface area contributed by atoms with E-state index < -0.39 is 0 Å². The summed E-state index contributed by atoms with van der Waals surface area (Å²) >= 11 is 11.9. The number of piperazine rings is 1. The summed E-state index contributed by atoms with van der Waals surface area (Å²) < 4.78 is 0. The maximum Gasteiger partial charge on any atom is 0.223 e. The molecule has 1 saturated heterocycles. The normalized spacial score (nSPS) is 14.8. The van der Waals surface area contributed by atoms with E-state index in [4.69, 9.17) is 23.2 Å². The summed E-state index contributed by atoms with van der Waals surface area (Å²) in [5, 5.41) is 1.03. The summed E-state index contributed by atoms with van der Waals surface area (Å²) in [6.07, 6.45) is 2.28. The van der Waals surface area contributed by atoms with Crippen LogP contribution in [-0.4, -0.2) is 37.0 Å². The van der Waals surface area contributed by atoms with Crippen molar-refractivity contribution in [2.75, 3.05) is 31.1 Å². The minimum atomic E-state index is 0.147. The van der Waals surface area contributed by atoms with E-state index in [1.54, 1.807) is 12.1 Å². The maximum absolute atomic E-state index is 12.4. The summed E-state index contributed by atoms with van der Waals surface area (Å²) in [4.78, 5) is 16.6. The fourth-order valence-corrected chi connectivity index (χ4v) is 3.13. The van der Waals surface area contributed by atoms with Gasteiger partial charge in [0.1, 0.15) is 0 Å². The molecule has 24 heavy (non-hydrogen) atoms. The van der Waals surface area contributed by atoms with E-state index in [0.29, 0.717) is 16.5 Å². The van der Waals surface area contributed by atoms with Crippen LogP contribution in [0.1, 0.15) is 12.0 Å². The SMILES string of the molecule is O=C(C[CH]c1ccc(Cl)c(Cl)c1)N1CCN(c2ccccc2)CC1. The number of hydrogen-bond donors (Lipinski definition) is 0. The van der Waals surface area contributed by atoms with Crippen LogP contribution in [0.4, 0.5) is 5.69 Å². The molecule has 1 amide bonds. The summed E-state index contributed by atoms with van der Waals surface area (Å²) in [6.45, 7) is 3.23. The third-order valence-corrected chi connectivity index (χ3v) is 4.95. The zero-order valence-electron chi connectivity index (χ0n) is 13.3. The van der Waals surface area contributed by atoms with Crippen molar-refractivity contribution in [3.8, 4) is 0 Å². The lowest BCUT2D eigenvalue weighted by Crippen LogP contribution is -2.48. The van der Waals surface area contributed by atoms with Crippen molar-refractivity contribution in [1.82, 2.24) is 4.90 Å².